The Morgan fingerprint density at radius 1 is 1.17 bits per heavy atom. The lowest BCUT2D eigenvalue weighted by Gasteiger charge is -2.18. The Balaban J connectivity index is 1.97. The predicted molar refractivity (Wildman–Crippen MR) is 100.0 cm³/mol. The van der Waals surface area contributed by atoms with Gasteiger partial charge in [-0.3, -0.25) is 0 Å². The fourth-order valence-electron chi connectivity index (χ4n) is 2.43. The van der Waals surface area contributed by atoms with Crippen molar-refractivity contribution >= 4 is 18.4 Å². The van der Waals surface area contributed by atoms with Crippen molar-refractivity contribution in [3.63, 3.8) is 0 Å². The van der Waals surface area contributed by atoms with Crippen LogP contribution in [-0.2, 0) is 12.5 Å². The highest BCUT2D eigenvalue weighted by molar-refractivity contribution is 7.71. The van der Waals surface area contributed by atoms with Gasteiger partial charge in [-0.05, 0) is 35.3 Å². The summed E-state index contributed by atoms with van der Waals surface area (Å²) in [6.45, 7) is 6.59. The van der Waals surface area contributed by atoms with Gasteiger partial charge in [0.15, 0.2) is 5.82 Å². The summed E-state index contributed by atoms with van der Waals surface area (Å²) in [5, 5.41) is 11.6. The first-order valence-corrected chi connectivity index (χ1v) is 8.21. The molecule has 0 fully saturated rings. The van der Waals surface area contributed by atoms with Crippen molar-refractivity contribution in [1.29, 1.82) is 0 Å². The highest BCUT2D eigenvalue weighted by Crippen LogP contribution is 2.25. The van der Waals surface area contributed by atoms with E-state index in [1.807, 2.05) is 29.9 Å². The maximum absolute atomic E-state index is 5.31. The highest BCUT2D eigenvalue weighted by atomic mass is 32.1. The summed E-state index contributed by atoms with van der Waals surface area (Å²) in [7, 11) is 1.97. The molecule has 0 aliphatic heterocycles. The molecule has 0 spiro atoms. The lowest BCUT2D eigenvalue weighted by Crippen LogP contribution is -2.10. The topological polar surface area (TPSA) is 50.9 Å². The minimum atomic E-state index is 0.119. The van der Waals surface area contributed by atoms with Crippen molar-refractivity contribution < 1.29 is 0 Å². The van der Waals surface area contributed by atoms with Gasteiger partial charge in [0.2, 0.25) is 4.77 Å². The number of H-pyrrole nitrogens is 1. The van der Waals surface area contributed by atoms with Crippen LogP contribution in [0.15, 0.2) is 47.7 Å². The largest absolute Gasteiger partial charge is 0.350 e. The van der Waals surface area contributed by atoms with Gasteiger partial charge in [0.05, 0.1) is 11.9 Å². The molecule has 124 valence electrons. The number of nitrogens with one attached hydrogen (secondary N) is 1. The number of benzene rings is 1. The Kier molecular flexibility index (Phi) is 4.24. The van der Waals surface area contributed by atoms with E-state index >= 15 is 0 Å². The van der Waals surface area contributed by atoms with Crippen LogP contribution in [0, 0.1) is 4.77 Å². The number of nitrogens with zero attached hydrogens (tertiary/aromatic N) is 4. The van der Waals surface area contributed by atoms with E-state index in [4.69, 9.17) is 12.2 Å². The fourth-order valence-corrected chi connectivity index (χ4v) is 2.61. The molecule has 0 saturated heterocycles. The van der Waals surface area contributed by atoms with Gasteiger partial charge in [0, 0.05) is 18.8 Å². The number of hydrogen-bond acceptors (Lipinski definition) is 3. The smallest absolute Gasteiger partial charge is 0.216 e. The quantitative estimate of drug-likeness (QED) is 0.576. The van der Waals surface area contributed by atoms with Crippen LogP contribution >= 0.6 is 12.2 Å². The number of rotatable bonds is 3. The zero-order chi connectivity index (χ0) is 17.3. The average molecular weight is 339 g/mol. The van der Waals surface area contributed by atoms with Crippen molar-refractivity contribution in [2.45, 2.75) is 26.2 Å². The lowest BCUT2D eigenvalue weighted by molar-refractivity contribution is 0.590. The van der Waals surface area contributed by atoms with Crippen LogP contribution in [0.1, 0.15) is 32.0 Å². The molecule has 6 heteroatoms. The second-order valence-corrected chi connectivity index (χ2v) is 7.17. The van der Waals surface area contributed by atoms with Crippen LogP contribution in [0.3, 0.4) is 0 Å². The van der Waals surface area contributed by atoms with Crippen LogP contribution in [0.25, 0.3) is 11.4 Å². The molecule has 24 heavy (non-hydrogen) atoms. The minimum absolute atomic E-state index is 0.119. The Labute approximate surface area is 146 Å². The van der Waals surface area contributed by atoms with Crippen molar-refractivity contribution in [2.75, 3.05) is 0 Å². The van der Waals surface area contributed by atoms with E-state index in [0.717, 1.165) is 11.3 Å². The molecular weight excluding hydrogens is 318 g/mol. The molecule has 0 atom stereocenters. The van der Waals surface area contributed by atoms with Crippen molar-refractivity contribution in [3.8, 4) is 11.4 Å². The molecule has 0 bridgehead atoms. The first kappa shape index (κ1) is 16.4. The average Bonchev–Trinajstić information content (AvgIpc) is 3.10. The van der Waals surface area contributed by atoms with Gasteiger partial charge in [0.25, 0.3) is 0 Å². The number of aryl methyl sites for hydroxylation is 1. The van der Waals surface area contributed by atoms with Gasteiger partial charge in [-0.25, -0.2) is 5.10 Å². The van der Waals surface area contributed by atoms with E-state index in [0.29, 0.717) is 10.6 Å². The summed E-state index contributed by atoms with van der Waals surface area (Å²) in [5.74, 6) is 0.700. The highest BCUT2D eigenvalue weighted by Gasteiger charge is 2.14. The minimum Gasteiger partial charge on any atom is -0.350 e. The Bertz CT molecular complexity index is 919. The molecule has 0 aliphatic rings. The maximum Gasteiger partial charge on any atom is 0.216 e. The van der Waals surface area contributed by atoms with Crippen LogP contribution < -0.4 is 0 Å². The van der Waals surface area contributed by atoms with E-state index in [-0.39, 0.29) is 5.41 Å². The third kappa shape index (κ3) is 3.23. The Morgan fingerprint density at radius 2 is 1.88 bits per heavy atom. The van der Waals surface area contributed by atoms with E-state index in [1.54, 1.807) is 10.9 Å². The Hall–Kier alpha value is -2.47. The number of aromatic amines is 1. The predicted octanol–water partition coefficient (Wildman–Crippen LogP) is 4.13. The summed E-state index contributed by atoms with van der Waals surface area (Å²) in [4.78, 5) is 0. The van der Waals surface area contributed by atoms with E-state index in [9.17, 15) is 0 Å². The third-order valence-corrected chi connectivity index (χ3v) is 4.21. The maximum atomic E-state index is 5.31. The van der Waals surface area contributed by atoms with Gasteiger partial charge in [-0.2, -0.15) is 14.9 Å². The van der Waals surface area contributed by atoms with E-state index in [2.05, 4.69) is 60.3 Å². The summed E-state index contributed by atoms with van der Waals surface area (Å²) in [6, 6.07) is 12.3. The van der Waals surface area contributed by atoms with E-state index in [1.165, 1.54) is 5.56 Å². The molecule has 0 radical (unpaired) electrons. The van der Waals surface area contributed by atoms with Crippen molar-refractivity contribution in [1.82, 2.24) is 19.4 Å². The zero-order valence-corrected chi connectivity index (χ0v) is 15.1. The molecule has 0 aliphatic carbocycles. The molecule has 2 aromatic heterocycles. The van der Waals surface area contributed by atoms with Gasteiger partial charge in [0.1, 0.15) is 0 Å². The van der Waals surface area contributed by atoms with Crippen molar-refractivity contribution in [2.24, 2.45) is 12.1 Å². The summed E-state index contributed by atoms with van der Waals surface area (Å²) in [5.41, 5.74) is 3.36. The van der Waals surface area contributed by atoms with Crippen LogP contribution in [0.4, 0.5) is 0 Å². The third-order valence-electron chi connectivity index (χ3n) is 3.95. The monoisotopic (exact) mass is 339 g/mol. The standard InChI is InChI=1S/C18H21N5S/c1-18(2,3)14-9-7-13(8-10-14)16-20-21-17(24)23(16)19-12-15-6-5-11-22(15)4/h5-12H,1-4H3,(H,21,24)/b19-12-. The SMILES string of the molecule is Cn1cccc1/C=N\n1c(-c2ccc(C(C)(C)C)cc2)n[nH]c1=S. The van der Waals surface area contributed by atoms with Crippen LogP contribution in [0.2, 0.25) is 0 Å². The number of aromatic nitrogens is 4. The lowest BCUT2D eigenvalue weighted by atomic mass is 9.87. The zero-order valence-electron chi connectivity index (χ0n) is 14.3. The second-order valence-electron chi connectivity index (χ2n) is 6.78. The summed E-state index contributed by atoms with van der Waals surface area (Å²) >= 11 is 5.31. The van der Waals surface area contributed by atoms with Gasteiger partial charge < -0.3 is 4.57 Å². The van der Waals surface area contributed by atoms with E-state index < -0.39 is 0 Å². The molecule has 0 saturated carbocycles. The molecule has 3 rings (SSSR count). The molecule has 3 aromatic rings. The molecule has 5 nitrogen and oxygen atoms in total. The molecular formula is C18H21N5S. The molecule has 1 aromatic carbocycles. The normalized spacial score (nSPS) is 12.2. The van der Waals surface area contributed by atoms with Crippen LogP contribution in [0.5, 0.6) is 0 Å². The van der Waals surface area contributed by atoms with Crippen molar-refractivity contribution in [3.05, 3.63) is 58.6 Å². The first-order chi connectivity index (χ1) is 11.4. The van der Waals surface area contributed by atoms with Gasteiger partial charge in [-0.1, -0.05) is 45.0 Å². The van der Waals surface area contributed by atoms with Crippen LogP contribution in [-0.4, -0.2) is 25.7 Å². The molecule has 0 unspecified atom stereocenters. The molecule has 1 N–H and O–H groups in total. The summed E-state index contributed by atoms with van der Waals surface area (Å²) < 4.78 is 4.11. The molecule has 0 amide bonds. The number of hydrogen-bond donors (Lipinski definition) is 1. The fraction of sp³-hybridized carbons (Fsp3) is 0.278. The Morgan fingerprint density at radius 3 is 2.46 bits per heavy atom. The first-order valence-electron chi connectivity index (χ1n) is 7.80. The molecule has 2 heterocycles. The second kappa shape index (κ2) is 6.20. The van der Waals surface area contributed by atoms with Gasteiger partial charge in [-0.15, -0.1) is 0 Å². The van der Waals surface area contributed by atoms with Gasteiger partial charge >= 0.3 is 0 Å². The summed E-state index contributed by atoms with van der Waals surface area (Å²) in [6.07, 6.45) is 3.75.